The monoisotopic (exact) mass is 461 g/mol. The van der Waals surface area contributed by atoms with E-state index in [0.29, 0.717) is 35.1 Å². The molecule has 2 atom stereocenters. The molecule has 3 aromatic rings. The first-order valence-electron chi connectivity index (χ1n) is 11.5. The van der Waals surface area contributed by atoms with Gasteiger partial charge in [0.15, 0.2) is 0 Å². The lowest BCUT2D eigenvalue weighted by Crippen LogP contribution is -2.49. The van der Waals surface area contributed by atoms with E-state index in [2.05, 4.69) is 16.9 Å². The lowest BCUT2D eigenvalue weighted by atomic mass is 9.97. The number of likely N-dealkylation sites (tertiary alicyclic amines) is 1. The largest absolute Gasteiger partial charge is 0.481 e. The smallest absolute Gasteiger partial charge is 0.256 e. The fourth-order valence-corrected chi connectivity index (χ4v) is 4.26. The van der Waals surface area contributed by atoms with E-state index >= 15 is 0 Å². The Labute approximate surface area is 200 Å². The Bertz CT molecular complexity index is 1140. The van der Waals surface area contributed by atoms with Gasteiger partial charge in [-0.15, -0.1) is 0 Å². The SMILES string of the molecule is COc1ccc(C(=O)N2CC(Oc3ncccc3C(C)(C)O)CCC2C)c(-c2ccccc2)n1. The third-order valence-electron chi connectivity index (χ3n) is 6.16. The number of pyridine rings is 2. The highest BCUT2D eigenvalue weighted by Gasteiger charge is 2.33. The summed E-state index contributed by atoms with van der Waals surface area (Å²) in [6, 6.07) is 16.8. The first kappa shape index (κ1) is 23.7. The third-order valence-corrected chi connectivity index (χ3v) is 6.16. The Morgan fingerprint density at radius 3 is 2.56 bits per heavy atom. The van der Waals surface area contributed by atoms with Gasteiger partial charge in [0.2, 0.25) is 11.8 Å². The highest BCUT2D eigenvalue weighted by molar-refractivity contribution is 6.00. The van der Waals surface area contributed by atoms with Crippen molar-refractivity contribution in [3.63, 3.8) is 0 Å². The molecular formula is C27H31N3O4. The summed E-state index contributed by atoms with van der Waals surface area (Å²) in [5, 5.41) is 10.5. The Morgan fingerprint density at radius 1 is 1.09 bits per heavy atom. The van der Waals surface area contributed by atoms with Crippen LogP contribution in [0, 0.1) is 0 Å². The van der Waals surface area contributed by atoms with E-state index < -0.39 is 5.60 Å². The Hall–Kier alpha value is -3.45. The van der Waals surface area contributed by atoms with Crippen LogP contribution in [0.2, 0.25) is 0 Å². The third kappa shape index (κ3) is 5.04. The number of piperidine rings is 1. The van der Waals surface area contributed by atoms with Crippen LogP contribution in [0.4, 0.5) is 0 Å². The van der Waals surface area contributed by atoms with Crippen LogP contribution in [0.1, 0.15) is 49.5 Å². The van der Waals surface area contributed by atoms with Crippen molar-refractivity contribution in [3.05, 3.63) is 71.9 Å². The molecule has 1 aliphatic heterocycles. The molecule has 1 saturated heterocycles. The van der Waals surface area contributed by atoms with E-state index in [9.17, 15) is 9.90 Å². The topological polar surface area (TPSA) is 84.8 Å². The number of hydrogen-bond acceptors (Lipinski definition) is 6. The average Bonchev–Trinajstić information content (AvgIpc) is 2.84. The summed E-state index contributed by atoms with van der Waals surface area (Å²) in [7, 11) is 1.56. The van der Waals surface area contributed by atoms with Crippen molar-refractivity contribution < 1.29 is 19.4 Å². The van der Waals surface area contributed by atoms with Gasteiger partial charge in [0.05, 0.1) is 30.5 Å². The van der Waals surface area contributed by atoms with Gasteiger partial charge in [-0.3, -0.25) is 4.79 Å². The van der Waals surface area contributed by atoms with Crippen molar-refractivity contribution in [2.45, 2.75) is 51.4 Å². The van der Waals surface area contributed by atoms with Gasteiger partial charge >= 0.3 is 0 Å². The zero-order valence-corrected chi connectivity index (χ0v) is 20.1. The van der Waals surface area contributed by atoms with Gasteiger partial charge in [-0.05, 0) is 51.8 Å². The van der Waals surface area contributed by atoms with E-state index in [1.54, 1.807) is 45.4 Å². The molecule has 2 unspecified atom stereocenters. The molecule has 2 aromatic heterocycles. The van der Waals surface area contributed by atoms with Crippen molar-refractivity contribution in [2.24, 2.45) is 0 Å². The van der Waals surface area contributed by atoms with E-state index in [1.807, 2.05) is 41.3 Å². The summed E-state index contributed by atoms with van der Waals surface area (Å²) in [6.45, 7) is 5.88. The quantitative estimate of drug-likeness (QED) is 0.584. The van der Waals surface area contributed by atoms with Crippen molar-refractivity contribution >= 4 is 5.91 Å². The van der Waals surface area contributed by atoms with Crippen LogP contribution < -0.4 is 9.47 Å². The highest BCUT2D eigenvalue weighted by Crippen LogP contribution is 2.31. The second-order valence-electron chi connectivity index (χ2n) is 9.15. The summed E-state index contributed by atoms with van der Waals surface area (Å²) in [6.07, 6.45) is 3.00. The van der Waals surface area contributed by atoms with Crippen LogP contribution >= 0.6 is 0 Å². The zero-order valence-electron chi connectivity index (χ0n) is 20.1. The molecule has 34 heavy (non-hydrogen) atoms. The number of nitrogens with zero attached hydrogens (tertiary/aromatic N) is 3. The second-order valence-corrected chi connectivity index (χ2v) is 9.15. The summed E-state index contributed by atoms with van der Waals surface area (Å²) in [5.41, 5.74) is 1.51. The first-order valence-corrected chi connectivity index (χ1v) is 11.5. The first-order chi connectivity index (χ1) is 16.3. The fourth-order valence-electron chi connectivity index (χ4n) is 4.26. The summed E-state index contributed by atoms with van der Waals surface area (Å²) in [5.74, 6) is 0.759. The molecule has 4 rings (SSSR count). The van der Waals surface area contributed by atoms with Crippen LogP contribution in [-0.2, 0) is 5.60 Å². The fraction of sp³-hybridized carbons (Fsp3) is 0.370. The van der Waals surface area contributed by atoms with E-state index in [0.717, 1.165) is 18.4 Å². The van der Waals surface area contributed by atoms with Crippen molar-refractivity contribution in [2.75, 3.05) is 13.7 Å². The van der Waals surface area contributed by atoms with Gasteiger partial charge in [0.25, 0.3) is 5.91 Å². The predicted octanol–water partition coefficient (Wildman–Crippen LogP) is 4.45. The van der Waals surface area contributed by atoms with Gasteiger partial charge in [0.1, 0.15) is 6.10 Å². The molecule has 3 heterocycles. The molecule has 178 valence electrons. The standard InChI is InChI=1S/C27H31N3O4/c1-18-12-13-20(34-25-22(27(2,3)32)11-8-16-28-25)17-30(18)26(31)21-14-15-23(33-4)29-24(21)19-9-6-5-7-10-19/h5-11,14-16,18,20,32H,12-13,17H2,1-4H3. The van der Waals surface area contributed by atoms with Crippen molar-refractivity contribution in [1.82, 2.24) is 14.9 Å². The van der Waals surface area contributed by atoms with Gasteiger partial charge in [-0.25, -0.2) is 9.97 Å². The number of carbonyl (C=O) groups is 1. The minimum Gasteiger partial charge on any atom is -0.481 e. The highest BCUT2D eigenvalue weighted by atomic mass is 16.5. The predicted molar refractivity (Wildman–Crippen MR) is 130 cm³/mol. The van der Waals surface area contributed by atoms with Crippen molar-refractivity contribution in [3.8, 4) is 23.0 Å². The zero-order chi connectivity index (χ0) is 24.3. The normalized spacial score (nSPS) is 18.4. The molecule has 0 radical (unpaired) electrons. The van der Waals surface area contributed by atoms with E-state index in [1.165, 1.54) is 0 Å². The van der Waals surface area contributed by atoms with Crippen LogP contribution in [0.5, 0.6) is 11.8 Å². The number of amides is 1. The minimum absolute atomic E-state index is 0.0514. The number of carbonyl (C=O) groups excluding carboxylic acids is 1. The maximum atomic E-state index is 13.8. The maximum absolute atomic E-state index is 13.8. The molecule has 0 saturated carbocycles. The molecule has 7 heteroatoms. The molecule has 1 amide bonds. The lowest BCUT2D eigenvalue weighted by Gasteiger charge is -2.38. The van der Waals surface area contributed by atoms with Gasteiger partial charge in [0, 0.05) is 29.4 Å². The maximum Gasteiger partial charge on any atom is 0.256 e. The molecule has 7 nitrogen and oxygen atoms in total. The van der Waals surface area contributed by atoms with E-state index in [-0.39, 0.29) is 18.1 Å². The molecule has 0 bridgehead atoms. The van der Waals surface area contributed by atoms with Crippen LogP contribution in [0.15, 0.2) is 60.8 Å². The Balaban J connectivity index is 1.61. The number of aliphatic hydroxyl groups is 1. The average molecular weight is 462 g/mol. The number of benzene rings is 1. The number of rotatable bonds is 6. The lowest BCUT2D eigenvalue weighted by molar-refractivity contribution is 0.0326. The number of hydrogen-bond donors (Lipinski definition) is 1. The minimum atomic E-state index is -1.08. The Kier molecular flexibility index (Phi) is 6.84. The molecule has 1 aromatic carbocycles. The summed E-state index contributed by atoms with van der Waals surface area (Å²) in [4.78, 5) is 24.5. The number of aromatic nitrogens is 2. The Morgan fingerprint density at radius 2 is 1.85 bits per heavy atom. The van der Waals surface area contributed by atoms with Crippen LogP contribution in [0.3, 0.4) is 0 Å². The van der Waals surface area contributed by atoms with Crippen molar-refractivity contribution in [1.29, 1.82) is 0 Å². The molecule has 0 aliphatic carbocycles. The molecular weight excluding hydrogens is 430 g/mol. The van der Waals surface area contributed by atoms with Gasteiger partial charge < -0.3 is 19.5 Å². The number of methoxy groups -OCH3 is 1. The molecule has 1 fully saturated rings. The summed E-state index contributed by atoms with van der Waals surface area (Å²) < 4.78 is 11.5. The van der Waals surface area contributed by atoms with E-state index in [4.69, 9.17) is 9.47 Å². The molecule has 1 aliphatic rings. The molecule has 0 spiro atoms. The summed E-state index contributed by atoms with van der Waals surface area (Å²) >= 11 is 0. The second kappa shape index (κ2) is 9.81. The van der Waals surface area contributed by atoms with Crippen LogP contribution in [0.25, 0.3) is 11.3 Å². The number of ether oxygens (including phenoxy) is 2. The van der Waals surface area contributed by atoms with Crippen LogP contribution in [-0.4, -0.2) is 51.7 Å². The van der Waals surface area contributed by atoms with Gasteiger partial charge in [-0.1, -0.05) is 30.3 Å². The van der Waals surface area contributed by atoms with Gasteiger partial charge in [-0.2, -0.15) is 0 Å². The molecule has 1 N–H and O–H groups in total.